The van der Waals surface area contributed by atoms with E-state index in [-0.39, 0.29) is 68.4 Å². The molecular weight excluding hydrogens is 457 g/mol. The van der Waals surface area contributed by atoms with E-state index in [1.165, 1.54) is 36.2 Å². The first-order chi connectivity index (χ1) is 15.9. The maximum absolute atomic E-state index is 13.1. The number of halogens is 3. The highest BCUT2D eigenvalue weighted by molar-refractivity contribution is 6.39. The molecule has 3 amide bonds. The molecule has 0 saturated carbocycles. The molecule has 1 aromatic carbocycles. The van der Waals surface area contributed by atoms with Crippen molar-refractivity contribution in [2.75, 3.05) is 26.7 Å². The molecule has 2 aliphatic rings. The topological polar surface area (TPSA) is 91.8 Å². The first-order valence-corrected chi connectivity index (χ1v) is 10.8. The van der Waals surface area contributed by atoms with Crippen LogP contribution in [0.3, 0.4) is 0 Å². The van der Waals surface area contributed by atoms with Crippen LogP contribution >= 0.6 is 0 Å². The van der Waals surface area contributed by atoms with Gasteiger partial charge in [-0.25, -0.2) is 5.01 Å². The van der Waals surface area contributed by atoms with Crippen molar-refractivity contribution in [2.24, 2.45) is 5.10 Å². The standard InChI is InChI=1S/C22H27F3N4O5/c1-14(2)29-11-17(33-13-15-4-6-16(7-5-15)34-22(23,24)25)10-28(12-20(29)31)21(32)18-8-9-19(30)27(3)26-18/h4-7,14,17H,8-13H2,1-3H3. The van der Waals surface area contributed by atoms with E-state index in [0.29, 0.717) is 5.56 Å². The van der Waals surface area contributed by atoms with Crippen LogP contribution in [-0.4, -0.2) is 83.4 Å². The number of carbonyl (C=O) groups is 3. The minimum atomic E-state index is -4.77. The van der Waals surface area contributed by atoms with Gasteiger partial charge in [0.15, 0.2) is 0 Å². The first-order valence-electron chi connectivity index (χ1n) is 10.8. The fourth-order valence-corrected chi connectivity index (χ4v) is 3.71. The minimum absolute atomic E-state index is 0.0668. The molecule has 0 radical (unpaired) electrons. The Bertz CT molecular complexity index is 949. The molecule has 1 saturated heterocycles. The van der Waals surface area contributed by atoms with Crippen LogP contribution in [-0.2, 0) is 25.7 Å². The summed E-state index contributed by atoms with van der Waals surface area (Å²) in [6.07, 6.45) is -4.95. The van der Waals surface area contributed by atoms with E-state index in [9.17, 15) is 27.6 Å². The number of rotatable bonds is 6. The molecule has 1 fully saturated rings. The van der Waals surface area contributed by atoms with E-state index in [2.05, 4.69) is 9.84 Å². The summed E-state index contributed by atoms with van der Waals surface area (Å²) in [5.41, 5.74) is 0.808. The van der Waals surface area contributed by atoms with E-state index in [1.807, 2.05) is 13.8 Å². The van der Waals surface area contributed by atoms with Gasteiger partial charge in [0.25, 0.3) is 5.91 Å². The number of hydrogen-bond acceptors (Lipinski definition) is 6. The summed E-state index contributed by atoms with van der Waals surface area (Å²) in [4.78, 5) is 40.6. The van der Waals surface area contributed by atoms with Crippen LogP contribution in [0, 0.1) is 0 Å². The average molecular weight is 484 g/mol. The van der Waals surface area contributed by atoms with Crippen LogP contribution in [0.15, 0.2) is 29.4 Å². The second-order valence-electron chi connectivity index (χ2n) is 8.41. The Kier molecular flexibility index (Phi) is 7.80. The molecule has 12 heteroatoms. The Morgan fingerprint density at radius 1 is 1.12 bits per heavy atom. The highest BCUT2D eigenvalue weighted by atomic mass is 19.4. The molecule has 0 bridgehead atoms. The van der Waals surface area contributed by atoms with Gasteiger partial charge in [0.1, 0.15) is 18.0 Å². The van der Waals surface area contributed by atoms with E-state index in [1.54, 1.807) is 4.90 Å². The van der Waals surface area contributed by atoms with Gasteiger partial charge in [0.05, 0.1) is 12.7 Å². The lowest BCUT2D eigenvalue weighted by atomic mass is 10.1. The first kappa shape index (κ1) is 25.5. The molecule has 3 rings (SSSR count). The number of nitrogens with zero attached hydrogens (tertiary/aromatic N) is 4. The summed E-state index contributed by atoms with van der Waals surface area (Å²) in [6, 6.07) is 5.17. The van der Waals surface area contributed by atoms with Gasteiger partial charge < -0.3 is 19.3 Å². The highest BCUT2D eigenvalue weighted by Gasteiger charge is 2.35. The van der Waals surface area contributed by atoms with Crippen LogP contribution in [0.5, 0.6) is 5.75 Å². The second-order valence-corrected chi connectivity index (χ2v) is 8.41. The van der Waals surface area contributed by atoms with Gasteiger partial charge in [-0.1, -0.05) is 12.1 Å². The zero-order chi connectivity index (χ0) is 25.0. The van der Waals surface area contributed by atoms with Crippen LogP contribution in [0.2, 0.25) is 0 Å². The summed E-state index contributed by atoms with van der Waals surface area (Å²) in [5.74, 6) is -1.19. The molecule has 1 atom stereocenters. The van der Waals surface area contributed by atoms with Crippen molar-refractivity contribution in [1.29, 1.82) is 0 Å². The number of hydrogen-bond donors (Lipinski definition) is 0. The van der Waals surface area contributed by atoms with Crippen molar-refractivity contribution in [1.82, 2.24) is 14.8 Å². The number of benzene rings is 1. The largest absolute Gasteiger partial charge is 0.573 e. The van der Waals surface area contributed by atoms with Crippen molar-refractivity contribution in [3.63, 3.8) is 0 Å². The van der Waals surface area contributed by atoms with E-state index in [0.717, 1.165) is 5.01 Å². The van der Waals surface area contributed by atoms with E-state index in [4.69, 9.17) is 4.74 Å². The van der Waals surface area contributed by atoms with Crippen molar-refractivity contribution >= 4 is 23.4 Å². The molecule has 9 nitrogen and oxygen atoms in total. The normalized spacial score (nSPS) is 19.9. The van der Waals surface area contributed by atoms with Gasteiger partial charge in [-0.2, -0.15) is 5.10 Å². The molecule has 0 aromatic heterocycles. The molecule has 1 unspecified atom stereocenters. The summed E-state index contributed by atoms with van der Waals surface area (Å²) < 4.78 is 46.9. The molecule has 186 valence electrons. The number of carbonyl (C=O) groups excluding carboxylic acids is 3. The zero-order valence-electron chi connectivity index (χ0n) is 19.2. The van der Waals surface area contributed by atoms with Crippen LogP contribution in [0.1, 0.15) is 32.3 Å². The third kappa shape index (κ3) is 6.69. The summed E-state index contributed by atoms with van der Waals surface area (Å²) in [7, 11) is 1.47. The number of amides is 3. The Balaban J connectivity index is 1.71. The van der Waals surface area contributed by atoms with Gasteiger partial charge in [-0.3, -0.25) is 14.4 Å². The fraction of sp³-hybridized carbons (Fsp3) is 0.545. The number of ether oxygens (including phenoxy) is 2. The molecule has 0 spiro atoms. The number of alkyl halides is 3. The second kappa shape index (κ2) is 10.4. The monoisotopic (exact) mass is 484 g/mol. The maximum atomic E-state index is 13.1. The Hall–Kier alpha value is -3.15. The fourth-order valence-electron chi connectivity index (χ4n) is 3.71. The van der Waals surface area contributed by atoms with Crippen molar-refractivity contribution in [3.8, 4) is 5.75 Å². The minimum Gasteiger partial charge on any atom is -0.406 e. The SMILES string of the molecule is CC(C)N1CC(OCc2ccc(OC(F)(F)F)cc2)CN(C(=O)C2=NN(C)C(=O)CC2)CC1=O. The molecule has 0 aliphatic carbocycles. The molecule has 1 aromatic rings. The van der Waals surface area contributed by atoms with Crippen molar-refractivity contribution < 1.29 is 37.0 Å². The highest BCUT2D eigenvalue weighted by Crippen LogP contribution is 2.23. The lowest BCUT2D eigenvalue weighted by molar-refractivity contribution is -0.274. The van der Waals surface area contributed by atoms with E-state index >= 15 is 0 Å². The maximum Gasteiger partial charge on any atom is 0.573 e. The zero-order valence-corrected chi connectivity index (χ0v) is 19.2. The molecule has 2 aliphatic heterocycles. The quantitative estimate of drug-likeness (QED) is 0.617. The summed E-state index contributed by atoms with van der Waals surface area (Å²) >= 11 is 0. The predicted molar refractivity (Wildman–Crippen MR) is 115 cm³/mol. The lowest BCUT2D eigenvalue weighted by Crippen LogP contribution is -2.45. The van der Waals surface area contributed by atoms with Crippen molar-refractivity contribution in [3.05, 3.63) is 29.8 Å². The average Bonchev–Trinajstić information content (AvgIpc) is 2.92. The Labute approximate surface area is 195 Å². The van der Waals surface area contributed by atoms with Crippen LogP contribution in [0.4, 0.5) is 13.2 Å². The van der Waals surface area contributed by atoms with Gasteiger partial charge in [0, 0.05) is 39.0 Å². The van der Waals surface area contributed by atoms with Gasteiger partial charge in [-0.15, -0.1) is 13.2 Å². The van der Waals surface area contributed by atoms with Crippen LogP contribution < -0.4 is 4.74 Å². The van der Waals surface area contributed by atoms with Crippen LogP contribution in [0.25, 0.3) is 0 Å². The molecule has 0 N–H and O–H groups in total. The lowest BCUT2D eigenvalue weighted by Gasteiger charge is -2.27. The summed E-state index contributed by atoms with van der Waals surface area (Å²) in [6.45, 7) is 4.02. The smallest absolute Gasteiger partial charge is 0.406 e. The van der Waals surface area contributed by atoms with Gasteiger partial charge >= 0.3 is 6.36 Å². The van der Waals surface area contributed by atoms with E-state index < -0.39 is 18.4 Å². The van der Waals surface area contributed by atoms with Crippen molar-refractivity contribution in [2.45, 2.75) is 51.8 Å². The predicted octanol–water partition coefficient (Wildman–Crippen LogP) is 2.16. The Morgan fingerprint density at radius 3 is 2.38 bits per heavy atom. The third-order valence-electron chi connectivity index (χ3n) is 5.48. The molecular formula is C22H27F3N4O5. The Morgan fingerprint density at radius 2 is 1.79 bits per heavy atom. The van der Waals surface area contributed by atoms with Gasteiger partial charge in [-0.05, 0) is 31.5 Å². The molecule has 34 heavy (non-hydrogen) atoms. The molecule has 2 heterocycles. The van der Waals surface area contributed by atoms with Gasteiger partial charge in [0.2, 0.25) is 11.8 Å². The third-order valence-corrected chi connectivity index (χ3v) is 5.48. The number of hydrazone groups is 1. The summed E-state index contributed by atoms with van der Waals surface area (Å²) in [5, 5.41) is 5.17.